The van der Waals surface area contributed by atoms with Crippen LogP contribution in [0.5, 0.6) is 0 Å². The summed E-state index contributed by atoms with van der Waals surface area (Å²) in [4.78, 5) is 0. The molecule has 1 N–H and O–H groups in total. The van der Waals surface area contributed by atoms with Crippen molar-refractivity contribution in [3.05, 3.63) is 34.3 Å². The molecule has 1 saturated heterocycles. The van der Waals surface area contributed by atoms with Crippen LogP contribution in [-0.2, 0) is 10.2 Å². The van der Waals surface area contributed by atoms with Gasteiger partial charge in [-0.2, -0.15) is 0 Å². The van der Waals surface area contributed by atoms with Crippen LogP contribution in [0.15, 0.2) is 28.7 Å². The van der Waals surface area contributed by atoms with Crippen LogP contribution in [0.1, 0.15) is 25.8 Å². The molecule has 1 aromatic rings. The summed E-state index contributed by atoms with van der Waals surface area (Å²) < 4.78 is 6.90. The van der Waals surface area contributed by atoms with Crippen LogP contribution in [-0.4, -0.2) is 26.3 Å². The number of ether oxygens (including phenoxy) is 1. The number of rotatable bonds is 6. The van der Waals surface area contributed by atoms with E-state index in [1.165, 1.54) is 5.56 Å². The molecule has 0 aromatic heterocycles. The molecule has 1 aliphatic heterocycles. The smallest absolute Gasteiger partial charge is 0.0488 e. The van der Waals surface area contributed by atoms with Crippen LogP contribution in [0.25, 0.3) is 0 Å². The van der Waals surface area contributed by atoms with Crippen molar-refractivity contribution >= 4 is 15.9 Å². The van der Waals surface area contributed by atoms with Gasteiger partial charge < -0.3 is 10.1 Å². The average molecular weight is 312 g/mol. The van der Waals surface area contributed by atoms with Crippen molar-refractivity contribution in [1.29, 1.82) is 0 Å². The fourth-order valence-electron chi connectivity index (χ4n) is 2.36. The van der Waals surface area contributed by atoms with Crippen LogP contribution >= 0.6 is 15.9 Å². The predicted molar refractivity (Wildman–Crippen MR) is 79.0 cm³/mol. The largest absolute Gasteiger partial charge is 0.381 e. The van der Waals surface area contributed by atoms with Gasteiger partial charge in [0, 0.05) is 36.2 Å². The summed E-state index contributed by atoms with van der Waals surface area (Å²) in [6.07, 6.45) is 1.10. The average Bonchev–Trinajstić information content (AvgIpc) is 2.26. The molecule has 0 saturated carbocycles. The maximum Gasteiger partial charge on any atom is 0.0488 e. The lowest BCUT2D eigenvalue weighted by atomic mass is 9.73. The summed E-state index contributed by atoms with van der Waals surface area (Å²) in [6, 6.07) is 8.67. The molecule has 0 radical (unpaired) electrons. The van der Waals surface area contributed by atoms with Crippen molar-refractivity contribution in [2.24, 2.45) is 5.92 Å². The number of benzene rings is 1. The van der Waals surface area contributed by atoms with E-state index in [4.69, 9.17) is 4.74 Å². The molecular formula is C15H22BrNO. The summed E-state index contributed by atoms with van der Waals surface area (Å²) in [5.41, 5.74) is 1.70. The minimum atomic E-state index is 0.279. The van der Waals surface area contributed by atoms with Gasteiger partial charge in [0.2, 0.25) is 0 Å². The molecule has 1 aromatic carbocycles. The van der Waals surface area contributed by atoms with Crippen LogP contribution in [0.2, 0.25) is 0 Å². The zero-order valence-corrected chi connectivity index (χ0v) is 12.8. The number of nitrogens with one attached hydrogen (secondary N) is 1. The second kappa shape index (κ2) is 6.18. The Morgan fingerprint density at radius 3 is 2.72 bits per heavy atom. The van der Waals surface area contributed by atoms with Crippen molar-refractivity contribution in [1.82, 2.24) is 5.32 Å². The number of hydrogen-bond acceptors (Lipinski definition) is 2. The van der Waals surface area contributed by atoms with Crippen molar-refractivity contribution in [3.63, 3.8) is 0 Å². The van der Waals surface area contributed by atoms with E-state index in [-0.39, 0.29) is 5.41 Å². The Hall–Kier alpha value is -0.380. The van der Waals surface area contributed by atoms with Gasteiger partial charge in [0.15, 0.2) is 0 Å². The molecule has 0 spiro atoms. The maximum absolute atomic E-state index is 5.74. The molecule has 0 atom stereocenters. The lowest BCUT2D eigenvalue weighted by Gasteiger charge is -2.43. The van der Waals surface area contributed by atoms with Gasteiger partial charge >= 0.3 is 0 Å². The highest BCUT2D eigenvalue weighted by Crippen LogP contribution is 2.33. The highest BCUT2D eigenvalue weighted by molar-refractivity contribution is 9.10. The summed E-state index contributed by atoms with van der Waals surface area (Å²) in [5.74, 6) is 0.617. The third kappa shape index (κ3) is 3.34. The van der Waals surface area contributed by atoms with Crippen molar-refractivity contribution < 1.29 is 4.74 Å². The minimum absolute atomic E-state index is 0.279. The van der Waals surface area contributed by atoms with Crippen molar-refractivity contribution in [3.8, 4) is 0 Å². The monoisotopic (exact) mass is 311 g/mol. The summed E-state index contributed by atoms with van der Waals surface area (Å²) in [5, 5.41) is 3.40. The molecule has 0 unspecified atom stereocenters. The number of halogens is 1. The van der Waals surface area contributed by atoms with Gasteiger partial charge in [-0.25, -0.2) is 0 Å². The zero-order chi connectivity index (χ0) is 13.0. The first-order valence-corrected chi connectivity index (χ1v) is 7.46. The van der Waals surface area contributed by atoms with Crippen molar-refractivity contribution in [2.45, 2.75) is 25.7 Å². The van der Waals surface area contributed by atoms with E-state index in [0.29, 0.717) is 5.92 Å². The molecule has 18 heavy (non-hydrogen) atoms. The van der Waals surface area contributed by atoms with Gasteiger partial charge in [-0.05, 0) is 30.0 Å². The Bertz CT molecular complexity index is 388. The molecule has 1 aliphatic rings. The topological polar surface area (TPSA) is 21.3 Å². The van der Waals surface area contributed by atoms with Crippen LogP contribution in [0.4, 0.5) is 0 Å². The molecule has 0 bridgehead atoms. The standard InChI is InChI=1S/C15H22BrNO/c1-12(2)9-18-7-6-15(10-17-11-15)13-4-3-5-14(16)8-13/h3-5,8,12,17H,6-7,9-11H2,1-2H3. The molecule has 2 nitrogen and oxygen atoms in total. The van der Waals surface area contributed by atoms with E-state index in [1.54, 1.807) is 0 Å². The lowest BCUT2D eigenvalue weighted by molar-refractivity contribution is 0.0816. The summed E-state index contributed by atoms with van der Waals surface area (Å²) in [6.45, 7) is 8.22. The molecular weight excluding hydrogens is 290 g/mol. The van der Waals surface area contributed by atoms with E-state index >= 15 is 0 Å². The Morgan fingerprint density at radius 1 is 1.39 bits per heavy atom. The van der Waals surface area contributed by atoms with Gasteiger partial charge in [0.05, 0.1) is 0 Å². The fourth-order valence-corrected chi connectivity index (χ4v) is 2.76. The molecule has 2 rings (SSSR count). The Morgan fingerprint density at radius 2 is 2.17 bits per heavy atom. The van der Waals surface area contributed by atoms with Gasteiger partial charge in [-0.3, -0.25) is 0 Å². The normalized spacial score (nSPS) is 17.8. The van der Waals surface area contributed by atoms with Crippen LogP contribution < -0.4 is 5.32 Å². The second-order valence-corrected chi connectivity index (χ2v) is 6.53. The SMILES string of the molecule is CC(C)COCCC1(c2cccc(Br)c2)CNC1. The Kier molecular flexibility index (Phi) is 4.82. The van der Waals surface area contributed by atoms with E-state index in [9.17, 15) is 0 Å². The molecule has 100 valence electrons. The van der Waals surface area contributed by atoms with E-state index in [0.717, 1.165) is 37.2 Å². The molecule has 0 amide bonds. The second-order valence-electron chi connectivity index (χ2n) is 5.61. The molecule has 3 heteroatoms. The van der Waals surface area contributed by atoms with Crippen LogP contribution in [0, 0.1) is 5.92 Å². The first-order chi connectivity index (χ1) is 8.62. The molecule has 1 heterocycles. The lowest BCUT2D eigenvalue weighted by Crippen LogP contribution is -2.57. The highest BCUT2D eigenvalue weighted by Gasteiger charge is 2.38. The van der Waals surface area contributed by atoms with E-state index < -0.39 is 0 Å². The maximum atomic E-state index is 5.74. The third-order valence-corrected chi connectivity index (χ3v) is 4.03. The van der Waals surface area contributed by atoms with Gasteiger partial charge in [-0.1, -0.05) is 41.9 Å². The van der Waals surface area contributed by atoms with Gasteiger partial charge in [0.1, 0.15) is 0 Å². The first kappa shape index (κ1) is 14.0. The predicted octanol–water partition coefficient (Wildman–Crippen LogP) is 3.35. The van der Waals surface area contributed by atoms with Crippen molar-refractivity contribution in [2.75, 3.05) is 26.3 Å². The first-order valence-electron chi connectivity index (χ1n) is 6.67. The van der Waals surface area contributed by atoms with E-state index in [2.05, 4.69) is 59.4 Å². The Balaban J connectivity index is 1.94. The highest BCUT2D eigenvalue weighted by atomic mass is 79.9. The Labute approximate surface area is 118 Å². The zero-order valence-electron chi connectivity index (χ0n) is 11.2. The van der Waals surface area contributed by atoms with E-state index in [1.807, 2.05) is 0 Å². The van der Waals surface area contributed by atoms with Gasteiger partial charge in [0.25, 0.3) is 0 Å². The summed E-state index contributed by atoms with van der Waals surface area (Å²) in [7, 11) is 0. The van der Waals surface area contributed by atoms with Crippen LogP contribution in [0.3, 0.4) is 0 Å². The fraction of sp³-hybridized carbons (Fsp3) is 0.600. The molecule has 0 aliphatic carbocycles. The quantitative estimate of drug-likeness (QED) is 0.813. The third-order valence-electron chi connectivity index (χ3n) is 3.54. The number of hydrogen-bond donors (Lipinski definition) is 1. The van der Waals surface area contributed by atoms with Gasteiger partial charge in [-0.15, -0.1) is 0 Å². The summed E-state index contributed by atoms with van der Waals surface area (Å²) >= 11 is 3.56. The minimum Gasteiger partial charge on any atom is -0.381 e. The molecule has 1 fully saturated rings.